The smallest absolute Gasteiger partial charge is 0.338 e. The fourth-order valence-electron chi connectivity index (χ4n) is 4.82. The molecule has 14 nitrogen and oxygen atoms in total. The van der Waals surface area contributed by atoms with Crippen LogP contribution in [0.1, 0.15) is 53.9 Å². The quantitative estimate of drug-likeness (QED) is 0.113. The van der Waals surface area contributed by atoms with Gasteiger partial charge in [0, 0.05) is 5.70 Å². The molecule has 50 heavy (non-hydrogen) atoms. The maximum absolute atomic E-state index is 12.6. The second kappa shape index (κ2) is 17.6. The molecule has 0 saturated carbocycles. The molecule has 0 unspecified atom stereocenters. The zero-order valence-electron chi connectivity index (χ0n) is 28.1. The van der Waals surface area contributed by atoms with E-state index in [1.54, 1.807) is 75.4 Å². The largest absolute Gasteiger partial charge is 0.493 e. The van der Waals surface area contributed by atoms with Gasteiger partial charge in [0.15, 0.2) is 29.6 Å². The fraction of sp³-hybridized carbons (Fsp3) is 0.286. The van der Waals surface area contributed by atoms with Crippen LogP contribution in [0.4, 0.5) is 4.79 Å². The Hall–Kier alpha value is -5.76. The van der Waals surface area contributed by atoms with Crippen molar-refractivity contribution < 1.29 is 47.6 Å². The Bertz CT molecular complexity index is 1790. The minimum absolute atomic E-state index is 0.163. The van der Waals surface area contributed by atoms with Gasteiger partial charge in [0.2, 0.25) is 0 Å². The number of hydrazone groups is 1. The van der Waals surface area contributed by atoms with Gasteiger partial charge in [0.1, 0.15) is 6.61 Å². The van der Waals surface area contributed by atoms with Crippen LogP contribution in [0.2, 0.25) is 5.02 Å². The first-order valence-corrected chi connectivity index (χ1v) is 15.8. The highest BCUT2D eigenvalue weighted by atomic mass is 35.5. The van der Waals surface area contributed by atoms with Gasteiger partial charge in [-0.05, 0) is 73.9 Å². The van der Waals surface area contributed by atoms with Gasteiger partial charge in [0.05, 0.1) is 55.8 Å². The number of methoxy groups -OCH3 is 2. The molecule has 3 aromatic carbocycles. The number of ether oxygens (including phenoxy) is 6. The van der Waals surface area contributed by atoms with E-state index in [1.165, 1.54) is 20.4 Å². The van der Waals surface area contributed by atoms with E-state index in [0.717, 1.165) is 5.56 Å². The topological polar surface area (TPSA) is 172 Å². The van der Waals surface area contributed by atoms with E-state index in [4.69, 9.17) is 40.0 Å². The van der Waals surface area contributed by atoms with E-state index in [-0.39, 0.29) is 35.3 Å². The van der Waals surface area contributed by atoms with Crippen LogP contribution in [0.3, 0.4) is 0 Å². The number of amides is 3. The van der Waals surface area contributed by atoms with Gasteiger partial charge in [-0.15, -0.1) is 0 Å². The van der Waals surface area contributed by atoms with Crippen molar-refractivity contribution in [1.82, 2.24) is 16.1 Å². The number of rotatable bonds is 15. The Kier molecular flexibility index (Phi) is 13.0. The third-order valence-corrected chi connectivity index (χ3v) is 7.43. The van der Waals surface area contributed by atoms with Crippen molar-refractivity contribution in [1.29, 1.82) is 0 Å². The summed E-state index contributed by atoms with van der Waals surface area (Å²) in [6.07, 6.45) is 1.38. The molecule has 1 atom stereocenters. The summed E-state index contributed by atoms with van der Waals surface area (Å²) in [5.41, 5.74) is 5.30. The van der Waals surface area contributed by atoms with Crippen molar-refractivity contribution in [3.8, 4) is 23.0 Å². The molecule has 1 aliphatic heterocycles. The second-order valence-electron chi connectivity index (χ2n) is 10.5. The molecule has 3 amide bonds. The van der Waals surface area contributed by atoms with Gasteiger partial charge in [0.25, 0.3) is 5.91 Å². The maximum Gasteiger partial charge on any atom is 0.338 e. The Morgan fingerprint density at radius 3 is 2.28 bits per heavy atom. The zero-order chi connectivity index (χ0) is 36.2. The number of esters is 2. The first-order chi connectivity index (χ1) is 24.1. The highest BCUT2D eigenvalue weighted by molar-refractivity contribution is 6.32. The average molecular weight is 709 g/mol. The number of halogens is 1. The van der Waals surface area contributed by atoms with E-state index in [2.05, 4.69) is 21.2 Å². The summed E-state index contributed by atoms with van der Waals surface area (Å²) in [6.45, 7) is 5.26. The second-order valence-corrected chi connectivity index (χ2v) is 10.9. The van der Waals surface area contributed by atoms with Gasteiger partial charge in [-0.2, -0.15) is 5.10 Å². The molecule has 0 saturated heterocycles. The number of nitrogens with zero attached hydrogens (tertiary/aromatic N) is 1. The molecular formula is C35H37ClN4O10. The Morgan fingerprint density at radius 2 is 1.60 bits per heavy atom. The van der Waals surface area contributed by atoms with Gasteiger partial charge < -0.3 is 39.1 Å². The van der Waals surface area contributed by atoms with Crippen molar-refractivity contribution in [2.45, 2.75) is 33.4 Å². The molecule has 3 aromatic rings. The number of benzene rings is 3. The molecule has 0 aromatic heterocycles. The lowest BCUT2D eigenvalue weighted by molar-refractivity contribution is -0.139. The molecule has 4 rings (SSSR count). The summed E-state index contributed by atoms with van der Waals surface area (Å²) in [6, 6.07) is 13.6. The summed E-state index contributed by atoms with van der Waals surface area (Å²) in [5.74, 6) is -0.363. The van der Waals surface area contributed by atoms with Crippen molar-refractivity contribution in [3.05, 3.63) is 93.1 Å². The predicted octanol–water partition coefficient (Wildman–Crippen LogP) is 4.83. The van der Waals surface area contributed by atoms with Crippen molar-refractivity contribution in [3.63, 3.8) is 0 Å². The number of carbonyl (C=O) groups excluding carboxylic acids is 4. The SMILES string of the molecule is CCOC(=O)C1=C(C)NC(=O)N[C@@H]1c1ccc(OCC(=O)N/N=C/c2cc(Cl)c(OCc3ccc(C(=O)OCC)cc3)c(OC)c2)c(OC)c1. The van der Waals surface area contributed by atoms with E-state index in [9.17, 15) is 19.2 Å². The first kappa shape index (κ1) is 37.1. The molecule has 15 heteroatoms. The number of nitrogens with one attached hydrogen (secondary N) is 3. The Balaban J connectivity index is 1.35. The summed E-state index contributed by atoms with van der Waals surface area (Å²) in [7, 11) is 2.89. The average Bonchev–Trinajstić information content (AvgIpc) is 3.10. The lowest BCUT2D eigenvalue weighted by Gasteiger charge is -2.28. The maximum atomic E-state index is 12.6. The lowest BCUT2D eigenvalue weighted by Crippen LogP contribution is -2.45. The standard InChI is InChI=1S/C35H37ClN4O10/c1-6-47-33(42)23-10-8-21(9-11-23)18-50-32-25(36)14-22(15-28(32)46-5)17-37-40-29(41)19-49-26-13-12-24(16-27(26)45-4)31-30(34(43)48-7-2)20(3)38-35(44)39-31/h8-17,31H,6-7,18-19H2,1-5H3,(H,40,41)(H2,38,39,44)/b37-17+/t31-/m1/s1. The molecule has 0 spiro atoms. The molecule has 0 bridgehead atoms. The van der Waals surface area contributed by atoms with Crippen LogP contribution in [0.5, 0.6) is 23.0 Å². The van der Waals surface area contributed by atoms with E-state index < -0.39 is 36.5 Å². The van der Waals surface area contributed by atoms with Crippen LogP contribution < -0.4 is 35.0 Å². The van der Waals surface area contributed by atoms with Gasteiger partial charge in [-0.25, -0.2) is 19.8 Å². The van der Waals surface area contributed by atoms with Crippen LogP contribution in [0.25, 0.3) is 0 Å². The minimum Gasteiger partial charge on any atom is -0.493 e. The van der Waals surface area contributed by atoms with E-state index in [1.807, 2.05) is 0 Å². The van der Waals surface area contributed by atoms with Crippen LogP contribution in [-0.2, 0) is 25.7 Å². The predicted molar refractivity (Wildman–Crippen MR) is 183 cm³/mol. The lowest BCUT2D eigenvalue weighted by atomic mass is 9.95. The number of allylic oxidation sites excluding steroid dienone is 1. The summed E-state index contributed by atoms with van der Waals surface area (Å²) in [5, 5.41) is 9.54. The monoisotopic (exact) mass is 708 g/mol. The molecule has 1 heterocycles. The highest BCUT2D eigenvalue weighted by Crippen LogP contribution is 2.37. The van der Waals surface area contributed by atoms with Gasteiger partial charge in [-0.3, -0.25) is 4.79 Å². The summed E-state index contributed by atoms with van der Waals surface area (Å²) >= 11 is 6.48. The van der Waals surface area contributed by atoms with E-state index in [0.29, 0.717) is 40.5 Å². The normalized spacial score (nSPS) is 14.0. The van der Waals surface area contributed by atoms with Crippen LogP contribution >= 0.6 is 11.6 Å². The van der Waals surface area contributed by atoms with Gasteiger partial charge >= 0.3 is 18.0 Å². The van der Waals surface area contributed by atoms with E-state index >= 15 is 0 Å². The number of hydrogen-bond acceptors (Lipinski definition) is 11. The van der Waals surface area contributed by atoms with Gasteiger partial charge in [-0.1, -0.05) is 29.8 Å². The molecule has 264 valence electrons. The van der Waals surface area contributed by atoms with Crippen molar-refractivity contribution in [2.24, 2.45) is 5.10 Å². The molecule has 0 radical (unpaired) electrons. The van der Waals surface area contributed by atoms with Crippen molar-refractivity contribution >= 4 is 41.7 Å². The van der Waals surface area contributed by atoms with Crippen LogP contribution in [0.15, 0.2) is 71.0 Å². The minimum atomic E-state index is -0.799. The summed E-state index contributed by atoms with van der Waals surface area (Å²) < 4.78 is 32.6. The Morgan fingerprint density at radius 1 is 0.900 bits per heavy atom. The first-order valence-electron chi connectivity index (χ1n) is 15.4. The molecular weight excluding hydrogens is 672 g/mol. The van der Waals surface area contributed by atoms with Crippen molar-refractivity contribution in [2.75, 3.05) is 34.0 Å². The molecule has 0 fully saturated rings. The van der Waals surface area contributed by atoms with Crippen LogP contribution in [-0.4, -0.2) is 64.1 Å². The van der Waals surface area contributed by atoms with Crippen LogP contribution in [0, 0.1) is 0 Å². The molecule has 1 aliphatic rings. The number of hydrogen-bond donors (Lipinski definition) is 3. The number of urea groups is 1. The summed E-state index contributed by atoms with van der Waals surface area (Å²) in [4.78, 5) is 49.2. The third kappa shape index (κ3) is 9.44. The zero-order valence-corrected chi connectivity index (χ0v) is 28.8. The highest BCUT2D eigenvalue weighted by Gasteiger charge is 2.32. The number of carbonyl (C=O) groups is 4. The fourth-order valence-corrected chi connectivity index (χ4v) is 5.10. The third-order valence-electron chi connectivity index (χ3n) is 7.15. The molecule has 3 N–H and O–H groups in total. The molecule has 0 aliphatic carbocycles. The Labute approximate surface area is 293 Å².